The van der Waals surface area contributed by atoms with Crippen molar-refractivity contribution in [3.8, 4) is 0 Å². The lowest BCUT2D eigenvalue weighted by molar-refractivity contribution is 0.176. The molecule has 21 heavy (non-hydrogen) atoms. The van der Waals surface area contributed by atoms with Crippen LogP contribution in [0.15, 0.2) is 0 Å². The average Bonchev–Trinajstić information content (AvgIpc) is 2.55. The summed E-state index contributed by atoms with van der Waals surface area (Å²) in [6, 6.07) is 1.55. The van der Waals surface area contributed by atoms with Gasteiger partial charge in [0.2, 0.25) is 0 Å². The Hall–Kier alpha value is -0.120. The standard InChI is InChI=1S/C18H37N3/c1-3-14-21(4-2)15-13-20-18-10-6-5-9-16(18)17-11-7-8-12-19-17/h16-20H,3-15H2,1-2H3. The first-order valence-electron chi connectivity index (χ1n) is 9.54. The maximum atomic E-state index is 3.91. The predicted molar refractivity (Wildman–Crippen MR) is 91.8 cm³/mol. The largest absolute Gasteiger partial charge is 0.314 e. The molecule has 0 aromatic heterocycles. The number of likely N-dealkylation sites (N-methyl/N-ethyl adjacent to an activating group) is 1. The second-order valence-electron chi connectivity index (χ2n) is 7.00. The van der Waals surface area contributed by atoms with Gasteiger partial charge in [-0.3, -0.25) is 0 Å². The van der Waals surface area contributed by atoms with E-state index in [0.29, 0.717) is 0 Å². The van der Waals surface area contributed by atoms with Gasteiger partial charge in [0.05, 0.1) is 0 Å². The predicted octanol–water partition coefficient (Wildman–Crippen LogP) is 3.01. The quantitative estimate of drug-likeness (QED) is 0.721. The summed E-state index contributed by atoms with van der Waals surface area (Å²) in [5, 5.41) is 7.71. The maximum absolute atomic E-state index is 3.91. The summed E-state index contributed by atoms with van der Waals surface area (Å²) >= 11 is 0. The van der Waals surface area contributed by atoms with Gasteiger partial charge in [-0.2, -0.15) is 0 Å². The molecule has 0 aromatic carbocycles. The minimum absolute atomic E-state index is 0.759. The van der Waals surface area contributed by atoms with Crippen molar-refractivity contribution in [2.24, 2.45) is 5.92 Å². The number of hydrogen-bond acceptors (Lipinski definition) is 3. The van der Waals surface area contributed by atoms with Crippen LogP contribution in [0.1, 0.15) is 65.2 Å². The number of piperidine rings is 1. The molecule has 0 spiro atoms. The monoisotopic (exact) mass is 295 g/mol. The fourth-order valence-electron chi connectivity index (χ4n) is 4.29. The Morgan fingerprint density at radius 2 is 1.81 bits per heavy atom. The molecule has 0 bridgehead atoms. The molecule has 1 saturated heterocycles. The third-order valence-corrected chi connectivity index (χ3v) is 5.51. The molecular formula is C18H37N3. The molecule has 2 aliphatic rings. The number of rotatable bonds is 8. The minimum atomic E-state index is 0.759. The van der Waals surface area contributed by atoms with E-state index in [2.05, 4.69) is 29.4 Å². The first kappa shape index (κ1) is 17.2. The van der Waals surface area contributed by atoms with Crippen LogP contribution in [0.5, 0.6) is 0 Å². The topological polar surface area (TPSA) is 27.3 Å². The van der Waals surface area contributed by atoms with Gasteiger partial charge in [-0.1, -0.05) is 33.1 Å². The van der Waals surface area contributed by atoms with Crippen molar-refractivity contribution in [2.45, 2.75) is 77.3 Å². The fourth-order valence-corrected chi connectivity index (χ4v) is 4.29. The van der Waals surface area contributed by atoms with Gasteiger partial charge in [0.25, 0.3) is 0 Å². The number of hydrogen-bond donors (Lipinski definition) is 2. The van der Waals surface area contributed by atoms with Crippen molar-refractivity contribution in [3.05, 3.63) is 0 Å². The maximum Gasteiger partial charge on any atom is 0.0111 e. The van der Waals surface area contributed by atoms with Gasteiger partial charge in [0, 0.05) is 25.2 Å². The molecule has 1 heterocycles. The van der Waals surface area contributed by atoms with Crippen molar-refractivity contribution in [2.75, 3.05) is 32.7 Å². The zero-order chi connectivity index (χ0) is 14.9. The molecule has 3 unspecified atom stereocenters. The zero-order valence-corrected chi connectivity index (χ0v) is 14.4. The molecule has 0 radical (unpaired) electrons. The van der Waals surface area contributed by atoms with E-state index in [9.17, 15) is 0 Å². The van der Waals surface area contributed by atoms with E-state index in [4.69, 9.17) is 0 Å². The lowest BCUT2D eigenvalue weighted by Crippen LogP contribution is -2.51. The Balaban J connectivity index is 1.75. The Morgan fingerprint density at radius 1 is 1.00 bits per heavy atom. The third-order valence-electron chi connectivity index (χ3n) is 5.51. The van der Waals surface area contributed by atoms with E-state index in [0.717, 1.165) is 18.0 Å². The highest BCUT2D eigenvalue weighted by atomic mass is 15.1. The van der Waals surface area contributed by atoms with E-state index in [1.807, 2.05) is 0 Å². The lowest BCUT2D eigenvalue weighted by atomic mass is 9.77. The van der Waals surface area contributed by atoms with Crippen molar-refractivity contribution in [1.29, 1.82) is 0 Å². The minimum Gasteiger partial charge on any atom is -0.314 e. The molecular weight excluding hydrogens is 258 g/mol. The van der Waals surface area contributed by atoms with Crippen LogP contribution >= 0.6 is 0 Å². The molecule has 2 rings (SSSR count). The van der Waals surface area contributed by atoms with E-state index in [-0.39, 0.29) is 0 Å². The van der Waals surface area contributed by atoms with Crippen LogP contribution in [-0.2, 0) is 0 Å². The molecule has 3 nitrogen and oxygen atoms in total. The normalized spacial score (nSPS) is 30.7. The van der Waals surface area contributed by atoms with Gasteiger partial charge in [0.15, 0.2) is 0 Å². The average molecular weight is 296 g/mol. The molecule has 1 aliphatic carbocycles. The van der Waals surface area contributed by atoms with Crippen molar-refractivity contribution in [1.82, 2.24) is 15.5 Å². The van der Waals surface area contributed by atoms with Crippen LogP contribution in [-0.4, -0.2) is 49.7 Å². The highest BCUT2D eigenvalue weighted by Crippen LogP contribution is 2.30. The second kappa shape index (κ2) is 9.81. The second-order valence-corrected chi connectivity index (χ2v) is 7.00. The summed E-state index contributed by atoms with van der Waals surface area (Å²) in [5.74, 6) is 0.875. The molecule has 0 aromatic rings. The summed E-state index contributed by atoms with van der Waals surface area (Å²) in [6.45, 7) is 10.6. The summed E-state index contributed by atoms with van der Waals surface area (Å²) in [5.41, 5.74) is 0. The van der Waals surface area contributed by atoms with Crippen LogP contribution in [0.2, 0.25) is 0 Å². The highest BCUT2D eigenvalue weighted by Gasteiger charge is 2.31. The van der Waals surface area contributed by atoms with Crippen molar-refractivity contribution < 1.29 is 0 Å². The van der Waals surface area contributed by atoms with Crippen molar-refractivity contribution >= 4 is 0 Å². The molecule has 2 N–H and O–H groups in total. The first-order valence-corrected chi connectivity index (χ1v) is 9.54. The smallest absolute Gasteiger partial charge is 0.0111 e. The van der Waals surface area contributed by atoms with Gasteiger partial charge in [0.1, 0.15) is 0 Å². The van der Waals surface area contributed by atoms with E-state index in [1.165, 1.54) is 84.1 Å². The van der Waals surface area contributed by atoms with Crippen LogP contribution < -0.4 is 10.6 Å². The molecule has 2 fully saturated rings. The van der Waals surface area contributed by atoms with Crippen LogP contribution in [0.4, 0.5) is 0 Å². The summed E-state index contributed by atoms with van der Waals surface area (Å²) in [4.78, 5) is 2.57. The first-order chi connectivity index (χ1) is 10.3. The SMILES string of the molecule is CCCN(CC)CCNC1CCCCC1C1CCCCN1. The third kappa shape index (κ3) is 5.54. The summed E-state index contributed by atoms with van der Waals surface area (Å²) in [7, 11) is 0. The number of nitrogens with zero attached hydrogens (tertiary/aromatic N) is 1. The Morgan fingerprint density at radius 3 is 2.52 bits per heavy atom. The van der Waals surface area contributed by atoms with E-state index < -0.39 is 0 Å². The van der Waals surface area contributed by atoms with E-state index in [1.54, 1.807) is 0 Å². The molecule has 1 aliphatic heterocycles. The summed E-state index contributed by atoms with van der Waals surface area (Å²) in [6.07, 6.45) is 11.2. The molecule has 3 atom stereocenters. The fraction of sp³-hybridized carbons (Fsp3) is 1.00. The molecule has 124 valence electrons. The van der Waals surface area contributed by atoms with Gasteiger partial charge < -0.3 is 15.5 Å². The lowest BCUT2D eigenvalue weighted by Gasteiger charge is -2.40. The molecule has 3 heteroatoms. The van der Waals surface area contributed by atoms with Crippen LogP contribution in [0, 0.1) is 5.92 Å². The zero-order valence-electron chi connectivity index (χ0n) is 14.4. The molecule has 0 amide bonds. The van der Waals surface area contributed by atoms with Crippen LogP contribution in [0.3, 0.4) is 0 Å². The molecule has 1 saturated carbocycles. The Kier molecular flexibility index (Phi) is 8.05. The highest BCUT2D eigenvalue weighted by molar-refractivity contribution is 4.90. The van der Waals surface area contributed by atoms with Gasteiger partial charge in [-0.15, -0.1) is 0 Å². The Bertz CT molecular complexity index is 263. The Labute approximate surface area is 132 Å². The number of nitrogens with one attached hydrogen (secondary N) is 2. The van der Waals surface area contributed by atoms with Gasteiger partial charge in [-0.25, -0.2) is 0 Å². The van der Waals surface area contributed by atoms with E-state index >= 15 is 0 Å². The van der Waals surface area contributed by atoms with Gasteiger partial charge >= 0.3 is 0 Å². The van der Waals surface area contributed by atoms with Crippen LogP contribution in [0.25, 0.3) is 0 Å². The van der Waals surface area contributed by atoms with Crippen molar-refractivity contribution in [3.63, 3.8) is 0 Å². The summed E-state index contributed by atoms with van der Waals surface area (Å²) < 4.78 is 0. The van der Waals surface area contributed by atoms with Gasteiger partial charge in [-0.05, 0) is 57.7 Å².